The summed E-state index contributed by atoms with van der Waals surface area (Å²) in [6.07, 6.45) is 0.349. The fourth-order valence-corrected chi connectivity index (χ4v) is 1.29. The predicted octanol–water partition coefficient (Wildman–Crippen LogP) is 0.644. The molecule has 0 bridgehead atoms. The van der Waals surface area contributed by atoms with Gasteiger partial charge in [0.2, 0.25) is 5.91 Å². The van der Waals surface area contributed by atoms with Crippen LogP contribution in [0.2, 0.25) is 0 Å². The van der Waals surface area contributed by atoms with Gasteiger partial charge in [-0.2, -0.15) is 0 Å². The molecule has 0 fully saturated rings. The van der Waals surface area contributed by atoms with Crippen LogP contribution in [0.1, 0.15) is 27.2 Å². The summed E-state index contributed by atoms with van der Waals surface area (Å²) in [6, 6.07) is 0. The maximum absolute atomic E-state index is 12.1. The second kappa shape index (κ2) is 7.11. The lowest BCUT2D eigenvalue weighted by atomic mass is 9.94. The first kappa shape index (κ1) is 15.7. The maximum atomic E-state index is 12.1. The predicted molar refractivity (Wildman–Crippen MR) is 65.9 cm³/mol. The second-order valence-electron chi connectivity index (χ2n) is 4.88. The molecule has 1 amide bonds. The van der Waals surface area contributed by atoms with Crippen LogP contribution in [0.4, 0.5) is 0 Å². The molecule has 6 heteroatoms. The molecule has 0 saturated carbocycles. The van der Waals surface area contributed by atoms with E-state index in [2.05, 4.69) is 5.16 Å². The molecule has 6 nitrogen and oxygen atoms in total. The number of carbonyl (C=O) groups is 1. The minimum Gasteiger partial charge on any atom is -0.409 e. The van der Waals surface area contributed by atoms with Crippen molar-refractivity contribution in [3.05, 3.63) is 0 Å². The molecule has 0 aromatic rings. The molecule has 0 atom stereocenters. The van der Waals surface area contributed by atoms with Gasteiger partial charge in [-0.1, -0.05) is 25.9 Å². The summed E-state index contributed by atoms with van der Waals surface area (Å²) < 4.78 is 4.96. The Morgan fingerprint density at radius 2 is 2.00 bits per heavy atom. The second-order valence-corrected chi connectivity index (χ2v) is 4.88. The molecule has 0 aromatic heterocycles. The Labute approximate surface area is 102 Å². The van der Waals surface area contributed by atoms with Crippen molar-refractivity contribution in [2.45, 2.75) is 27.2 Å². The first-order valence-corrected chi connectivity index (χ1v) is 5.57. The highest BCUT2D eigenvalue weighted by molar-refractivity contribution is 5.83. The van der Waals surface area contributed by atoms with E-state index in [1.165, 1.54) is 0 Å². The van der Waals surface area contributed by atoms with E-state index in [-0.39, 0.29) is 11.7 Å². The molecular formula is C11H23N3O3. The third-order valence-electron chi connectivity index (χ3n) is 2.26. The van der Waals surface area contributed by atoms with Crippen LogP contribution in [0.15, 0.2) is 5.16 Å². The average Bonchev–Trinajstić information content (AvgIpc) is 2.26. The van der Waals surface area contributed by atoms with Crippen LogP contribution in [-0.2, 0) is 9.53 Å². The molecule has 0 rings (SSSR count). The van der Waals surface area contributed by atoms with Crippen LogP contribution in [0.25, 0.3) is 0 Å². The molecule has 100 valence electrons. The number of hydrogen-bond acceptors (Lipinski definition) is 4. The highest BCUT2D eigenvalue weighted by Crippen LogP contribution is 2.17. The van der Waals surface area contributed by atoms with Crippen molar-refractivity contribution >= 4 is 11.7 Å². The third-order valence-corrected chi connectivity index (χ3v) is 2.26. The summed E-state index contributed by atoms with van der Waals surface area (Å²) in [4.78, 5) is 13.8. The standard InChI is InChI=1S/C11H23N3O3/c1-11(2,3)10(15)14(7-8-17-4)6-5-9(12)13-16/h16H,5-8H2,1-4H3,(H2,12,13). The lowest BCUT2D eigenvalue weighted by Crippen LogP contribution is -2.42. The van der Waals surface area contributed by atoms with Gasteiger partial charge in [0.15, 0.2) is 0 Å². The van der Waals surface area contributed by atoms with Crippen LogP contribution in [0, 0.1) is 5.41 Å². The smallest absolute Gasteiger partial charge is 0.228 e. The van der Waals surface area contributed by atoms with Crippen molar-refractivity contribution in [1.82, 2.24) is 4.90 Å². The Balaban J connectivity index is 4.48. The topological polar surface area (TPSA) is 88.2 Å². The van der Waals surface area contributed by atoms with E-state index in [1.807, 2.05) is 20.8 Å². The molecule has 17 heavy (non-hydrogen) atoms. The normalized spacial score (nSPS) is 12.6. The molecule has 0 aliphatic heterocycles. The van der Waals surface area contributed by atoms with Gasteiger partial charge in [-0.25, -0.2) is 0 Å². The van der Waals surface area contributed by atoms with Gasteiger partial charge < -0.3 is 20.6 Å². The van der Waals surface area contributed by atoms with E-state index in [0.717, 1.165) is 0 Å². The Hall–Kier alpha value is -1.30. The Bertz CT molecular complexity index is 272. The van der Waals surface area contributed by atoms with Crippen molar-refractivity contribution in [3.8, 4) is 0 Å². The van der Waals surface area contributed by atoms with E-state index in [9.17, 15) is 4.79 Å². The molecule has 0 aliphatic rings. The first-order chi connectivity index (χ1) is 7.82. The SMILES string of the molecule is COCCN(CCC(N)=NO)C(=O)C(C)(C)C. The molecule has 0 aromatic carbocycles. The van der Waals surface area contributed by atoms with Gasteiger partial charge in [0.25, 0.3) is 0 Å². The zero-order valence-corrected chi connectivity index (χ0v) is 11.1. The van der Waals surface area contributed by atoms with E-state index in [0.29, 0.717) is 26.1 Å². The summed E-state index contributed by atoms with van der Waals surface area (Å²) >= 11 is 0. The number of hydrogen-bond donors (Lipinski definition) is 2. The monoisotopic (exact) mass is 245 g/mol. The van der Waals surface area contributed by atoms with Crippen LogP contribution >= 0.6 is 0 Å². The number of nitrogens with zero attached hydrogens (tertiary/aromatic N) is 2. The number of amidine groups is 1. The van der Waals surface area contributed by atoms with Gasteiger partial charge in [0.05, 0.1) is 6.61 Å². The van der Waals surface area contributed by atoms with Crippen LogP contribution in [-0.4, -0.2) is 48.7 Å². The quantitative estimate of drug-likeness (QED) is 0.311. The fraction of sp³-hybridized carbons (Fsp3) is 0.818. The Morgan fingerprint density at radius 3 is 2.41 bits per heavy atom. The Morgan fingerprint density at radius 1 is 1.41 bits per heavy atom. The lowest BCUT2D eigenvalue weighted by Gasteiger charge is -2.29. The molecule has 0 spiro atoms. The summed E-state index contributed by atoms with van der Waals surface area (Å²) in [5.41, 5.74) is 4.94. The van der Waals surface area contributed by atoms with Gasteiger partial charge in [-0.15, -0.1) is 0 Å². The Kier molecular flexibility index (Phi) is 6.57. The zero-order chi connectivity index (χ0) is 13.5. The molecular weight excluding hydrogens is 222 g/mol. The summed E-state index contributed by atoms with van der Waals surface area (Å²) in [5.74, 6) is 0.148. The van der Waals surface area contributed by atoms with Crippen LogP contribution in [0.3, 0.4) is 0 Å². The number of amides is 1. The largest absolute Gasteiger partial charge is 0.409 e. The van der Waals surface area contributed by atoms with Gasteiger partial charge in [-0.3, -0.25) is 4.79 Å². The third kappa shape index (κ3) is 6.11. The molecule has 0 radical (unpaired) electrons. The molecule has 0 unspecified atom stereocenters. The lowest BCUT2D eigenvalue weighted by molar-refractivity contribution is -0.140. The van der Waals surface area contributed by atoms with Crippen molar-refractivity contribution in [1.29, 1.82) is 0 Å². The zero-order valence-electron chi connectivity index (χ0n) is 11.1. The minimum absolute atomic E-state index is 0.0280. The van der Waals surface area contributed by atoms with Gasteiger partial charge in [-0.05, 0) is 0 Å². The van der Waals surface area contributed by atoms with Crippen molar-refractivity contribution in [3.63, 3.8) is 0 Å². The summed E-state index contributed by atoms with van der Waals surface area (Å²) in [5, 5.41) is 11.3. The van der Waals surface area contributed by atoms with E-state index in [4.69, 9.17) is 15.7 Å². The average molecular weight is 245 g/mol. The molecule has 0 heterocycles. The molecule has 0 aliphatic carbocycles. The van der Waals surface area contributed by atoms with E-state index >= 15 is 0 Å². The van der Waals surface area contributed by atoms with E-state index < -0.39 is 5.41 Å². The van der Waals surface area contributed by atoms with Gasteiger partial charge >= 0.3 is 0 Å². The summed E-state index contributed by atoms with van der Waals surface area (Å²) in [7, 11) is 1.59. The number of nitrogens with two attached hydrogens (primary N) is 1. The summed E-state index contributed by atoms with van der Waals surface area (Å²) in [6.45, 7) is 6.98. The van der Waals surface area contributed by atoms with Gasteiger partial charge in [0, 0.05) is 32.0 Å². The van der Waals surface area contributed by atoms with Crippen LogP contribution in [0.5, 0.6) is 0 Å². The highest BCUT2D eigenvalue weighted by atomic mass is 16.5. The number of rotatable bonds is 6. The van der Waals surface area contributed by atoms with Crippen molar-refractivity contribution in [2.75, 3.05) is 26.8 Å². The molecule has 3 N–H and O–H groups in total. The number of ether oxygens (including phenoxy) is 1. The van der Waals surface area contributed by atoms with Gasteiger partial charge in [0.1, 0.15) is 5.84 Å². The number of methoxy groups -OCH3 is 1. The van der Waals surface area contributed by atoms with Crippen molar-refractivity contribution < 1.29 is 14.7 Å². The number of carbonyl (C=O) groups excluding carboxylic acids is 1. The highest BCUT2D eigenvalue weighted by Gasteiger charge is 2.26. The fourth-order valence-electron chi connectivity index (χ4n) is 1.29. The van der Waals surface area contributed by atoms with Crippen molar-refractivity contribution in [2.24, 2.45) is 16.3 Å². The maximum Gasteiger partial charge on any atom is 0.228 e. The first-order valence-electron chi connectivity index (χ1n) is 5.57. The van der Waals surface area contributed by atoms with E-state index in [1.54, 1.807) is 12.0 Å². The molecule has 0 saturated heterocycles. The number of oxime groups is 1. The van der Waals surface area contributed by atoms with Crippen LogP contribution < -0.4 is 5.73 Å². The minimum atomic E-state index is -0.446.